The Kier molecular flexibility index (Phi) is 3.80. The van der Waals surface area contributed by atoms with E-state index in [4.69, 9.17) is 9.47 Å². The van der Waals surface area contributed by atoms with Crippen LogP contribution in [0.3, 0.4) is 0 Å². The molecule has 0 saturated heterocycles. The predicted octanol–water partition coefficient (Wildman–Crippen LogP) is 2.89. The molecule has 0 saturated carbocycles. The average Bonchev–Trinajstić information content (AvgIpc) is 2.46. The highest BCUT2D eigenvalue weighted by Crippen LogP contribution is 2.32. The normalized spacial score (nSPS) is 10.1. The van der Waals surface area contributed by atoms with E-state index >= 15 is 0 Å². The lowest BCUT2D eigenvalue weighted by molar-refractivity contribution is 0.112. The predicted molar refractivity (Wildman–Crippen MR) is 72.9 cm³/mol. The van der Waals surface area contributed by atoms with E-state index in [9.17, 15) is 4.79 Å². The summed E-state index contributed by atoms with van der Waals surface area (Å²) in [4.78, 5) is 15.2. The third kappa shape index (κ3) is 2.57. The van der Waals surface area contributed by atoms with Gasteiger partial charge in [-0.15, -0.1) is 0 Å². The molecule has 0 bridgehead atoms. The van der Waals surface area contributed by atoms with Gasteiger partial charge in [0.25, 0.3) is 0 Å². The lowest BCUT2D eigenvalue weighted by Gasteiger charge is -2.11. The summed E-state index contributed by atoms with van der Waals surface area (Å²) in [5, 5.41) is 0. The van der Waals surface area contributed by atoms with Crippen molar-refractivity contribution in [3.05, 3.63) is 41.6 Å². The van der Waals surface area contributed by atoms with E-state index in [0.29, 0.717) is 17.0 Å². The topological polar surface area (TPSA) is 48.4 Å². The lowest BCUT2D eigenvalue weighted by atomic mass is 10.1. The number of nitrogens with zero attached hydrogens (tertiary/aromatic N) is 1. The molecule has 0 aliphatic carbocycles. The summed E-state index contributed by atoms with van der Waals surface area (Å²) in [6.07, 6.45) is 0.801. The van der Waals surface area contributed by atoms with E-state index < -0.39 is 0 Å². The number of aldehydes is 1. The van der Waals surface area contributed by atoms with Crippen LogP contribution in [0.1, 0.15) is 16.1 Å². The number of benzene rings is 1. The van der Waals surface area contributed by atoms with E-state index in [2.05, 4.69) is 4.98 Å². The number of pyridine rings is 1. The molecule has 2 rings (SSSR count). The fraction of sp³-hybridized carbons (Fsp3) is 0.200. The second-order valence-corrected chi connectivity index (χ2v) is 4.06. The Morgan fingerprint density at radius 1 is 1.11 bits per heavy atom. The van der Waals surface area contributed by atoms with Crippen LogP contribution in [0.4, 0.5) is 0 Å². The van der Waals surface area contributed by atoms with Crippen molar-refractivity contribution in [3.8, 4) is 22.8 Å². The molecule has 1 aromatic carbocycles. The van der Waals surface area contributed by atoms with Gasteiger partial charge in [-0.2, -0.15) is 0 Å². The molecular weight excluding hydrogens is 242 g/mol. The molecule has 4 heteroatoms. The molecule has 0 radical (unpaired) electrons. The first-order valence-corrected chi connectivity index (χ1v) is 5.85. The molecule has 2 aromatic rings. The van der Waals surface area contributed by atoms with Gasteiger partial charge in [0.1, 0.15) is 11.5 Å². The molecule has 1 aromatic heterocycles. The minimum absolute atomic E-state index is 0.589. The lowest BCUT2D eigenvalue weighted by Crippen LogP contribution is -1.96. The second-order valence-electron chi connectivity index (χ2n) is 4.06. The first kappa shape index (κ1) is 13.1. The third-order valence-corrected chi connectivity index (χ3v) is 2.94. The standard InChI is InChI=1S/C15H15NO3/c1-10-11(9-17)4-6-14(16-10)13-8-12(18-2)5-7-15(13)19-3/h4-9H,1-3H3. The molecule has 98 valence electrons. The van der Waals surface area contributed by atoms with Gasteiger partial charge >= 0.3 is 0 Å². The van der Waals surface area contributed by atoms with Gasteiger partial charge in [0, 0.05) is 16.8 Å². The first-order valence-electron chi connectivity index (χ1n) is 5.85. The van der Waals surface area contributed by atoms with Crippen molar-refractivity contribution < 1.29 is 14.3 Å². The third-order valence-electron chi connectivity index (χ3n) is 2.94. The molecular formula is C15H15NO3. The summed E-state index contributed by atoms with van der Waals surface area (Å²) in [6.45, 7) is 1.81. The Morgan fingerprint density at radius 2 is 1.89 bits per heavy atom. The van der Waals surface area contributed by atoms with Crippen molar-refractivity contribution in [1.29, 1.82) is 0 Å². The number of aromatic nitrogens is 1. The largest absolute Gasteiger partial charge is 0.497 e. The smallest absolute Gasteiger partial charge is 0.151 e. The van der Waals surface area contributed by atoms with E-state index in [0.717, 1.165) is 23.3 Å². The van der Waals surface area contributed by atoms with Gasteiger partial charge < -0.3 is 9.47 Å². The summed E-state index contributed by atoms with van der Waals surface area (Å²) in [5.74, 6) is 1.45. The summed E-state index contributed by atoms with van der Waals surface area (Å²) in [6, 6.07) is 9.08. The number of hydrogen-bond acceptors (Lipinski definition) is 4. The maximum absolute atomic E-state index is 10.8. The van der Waals surface area contributed by atoms with Crippen molar-refractivity contribution in [2.24, 2.45) is 0 Å². The van der Waals surface area contributed by atoms with Crippen LogP contribution < -0.4 is 9.47 Å². The first-order chi connectivity index (χ1) is 9.19. The quantitative estimate of drug-likeness (QED) is 0.790. The van der Waals surface area contributed by atoms with Crippen molar-refractivity contribution in [3.63, 3.8) is 0 Å². The molecule has 0 fully saturated rings. The highest BCUT2D eigenvalue weighted by Gasteiger charge is 2.10. The minimum Gasteiger partial charge on any atom is -0.497 e. The van der Waals surface area contributed by atoms with Gasteiger partial charge in [-0.3, -0.25) is 9.78 Å². The van der Waals surface area contributed by atoms with Crippen molar-refractivity contribution in [2.45, 2.75) is 6.92 Å². The molecule has 0 aliphatic rings. The Hall–Kier alpha value is -2.36. The van der Waals surface area contributed by atoms with Crippen LogP contribution in [-0.4, -0.2) is 25.5 Å². The average molecular weight is 257 g/mol. The van der Waals surface area contributed by atoms with Crippen LogP contribution in [0.25, 0.3) is 11.3 Å². The van der Waals surface area contributed by atoms with Gasteiger partial charge in [0.15, 0.2) is 6.29 Å². The number of aryl methyl sites for hydroxylation is 1. The van der Waals surface area contributed by atoms with E-state index in [-0.39, 0.29) is 0 Å². The summed E-state index contributed by atoms with van der Waals surface area (Å²) in [7, 11) is 3.22. The maximum Gasteiger partial charge on any atom is 0.151 e. The van der Waals surface area contributed by atoms with E-state index in [1.54, 1.807) is 33.3 Å². The SMILES string of the molecule is COc1ccc(OC)c(-c2ccc(C=O)c(C)n2)c1. The minimum atomic E-state index is 0.589. The molecule has 0 unspecified atom stereocenters. The molecule has 0 spiro atoms. The van der Waals surface area contributed by atoms with Crippen molar-refractivity contribution >= 4 is 6.29 Å². The molecule has 4 nitrogen and oxygen atoms in total. The van der Waals surface area contributed by atoms with Crippen LogP contribution in [-0.2, 0) is 0 Å². The number of carbonyl (C=O) groups excluding carboxylic acids is 1. The summed E-state index contributed by atoms with van der Waals surface area (Å²) < 4.78 is 10.5. The van der Waals surface area contributed by atoms with Gasteiger partial charge in [-0.05, 0) is 37.3 Å². The van der Waals surface area contributed by atoms with Crippen LogP contribution >= 0.6 is 0 Å². The number of hydrogen-bond donors (Lipinski definition) is 0. The maximum atomic E-state index is 10.8. The molecule has 0 aliphatic heterocycles. The fourth-order valence-electron chi connectivity index (χ4n) is 1.86. The van der Waals surface area contributed by atoms with Crippen LogP contribution in [0.5, 0.6) is 11.5 Å². The number of methoxy groups -OCH3 is 2. The molecule has 0 N–H and O–H groups in total. The zero-order valence-electron chi connectivity index (χ0n) is 11.1. The monoisotopic (exact) mass is 257 g/mol. The van der Waals surface area contributed by atoms with Crippen LogP contribution in [0.15, 0.2) is 30.3 Å². The molecule has 19 heavy (non-hydrogen) atoms. The fourth-order valence-corrected chi connectivity index (χ4v) is 1.86. The van der Waals surface area contributed by atoms with Gasteiger partial charge in [0.2, 0.25) is 0 Å². The Balaban J connectivity index is 2.56. The van der Waals surface area contributed by atoms with Gasteiger partial charge in [-0.25, -0.2) is 0 Å². The summed E-state index contributed by atoms with van der Waals surface area (Å²) >= 11 is 0. The van der Waals surface area contributed by atoms with Crippen molar-refractivity contribution in [2.75, 3.05) is 14.2 Å². The Labute approximate surface area is 112 Å². The van der Waals surface area contributed by atoms with Crippen LogP contribution in [0, 0.1) is 6.92 Å². The number of ether oxygens (including phenoxy) is 2. The van der Waals surface area contributed by atoms with E-state index in [1.807, 2.05) is 18.2 Å². The molecule has 1 heterocycles. The highest BCUT2D eigenvalue weighted by molar-refractivity contribution is 5.78. The second kappa shape index (κ2) is 5.52. The van der Waals surface area contributed by atoms with Crippen LogP contribution in [0.2, 0.25) is 0 Å². The highest BCUT2D eigenvalue weighted by atomic mass is 16.5. The zero-order valence-corrected chi connectivity index (χ0v) is 11.1. The molecule has 0 atom stereocenters. The summed E-state index contributed by atoms with van der Waals surface area (Å²) in [5.41, 5.74) is 2.87. The number of rotatable bonds is 4. The zero-order chi connectivity index (χ0) is 13.8. The van der Waals surface area contributed by atoms with E-state index in [1.165, 1.54) is 0 Å². The Bertz CT molecular complexity index is 608. The molecule has 0 amide bonds. The van der Waals surface area contributed by atoms with Gasteiger partial charge in [-0.1, -0.05) is 0 Å². The number of carbonyl (C=O) groups is 1. The Morgan fingerprint density at radius 3 is 2.47 bits per heavy atom. The van der Waals surface area contributed by atoms with Crippen molar-refractivity contribution in [1.82, 2.24) is 4.98 Å². The van der Waals surface area contributed by atoms with Gasteiger partial charge in [0.05, 0.1) is 19.9 Å².